The second-order valence-corrected chi connectivity index (χ2v) is 4.81. The fourth-order valence-electron chi connectivity index (χ4n) is 2.61. The van der Waals surface area contributed by atoms with Gasteiger partial charge in [0.25, 0.3) is 0 Å². The van der Waals surface area contributed by atoms with Crippen molar-refractivity contribution in [1.29, 1.82) is 0 Å². The summed E-state index contributed by atoms with van der Waals surface area (Å²) in [6.45, 7) is 0. The zero-order valence-corrected chi connectivity index (χ0v) is 10.1. The molecule has 0 spiro atoms. The van der Waals surface area contributed by atoms with Gasteiger partial charge in [-0.1, -0.05) is 19.3 Å². The summed E-state index contributed by atoms with van der Waals surface area (Å²) in [5, 5.41) is 13.0. The summed E-state index contributed by atoms with van der Waals surface area (Å²) in [7, 11) is 0. The monoisotopic (exact) mass is 236 g/mol. The Morgan fingerprint density at radius 1 is 1.41 bits per heavy atom. The lowest BCUT2D eigenvalue weighted by Crippen LogP contribution is -2.16. The van der Waals surface area contributed by atoms with Crippen LogP contribution >= 0.6 is 0 Å². The van der Waals surface area contributed by atoms with E-state index in [-0.39, 0.29) is 6.42 Å². The molecule has 2 rings (SSSR count). The minimum atomic E-state index is -0.714. The molecule has 1 aromatic heterocycles. The molecule has 0 aliphatic heterocycles. The highest BCUT2D eigenvalue weighted by molar-refractivity contribution is 5.66. The van der Waals surface area contributed by atoms with E-state index in [4.69, 9.17) is 5.11 Å². The standard InChI is InChI=1S/C13H20N2O2/c16-13(17)8-4-7-12-9-10-14-15(12)11-5-2-1-3-6-11/h9-11H,1-8H2,(H,16,17). The molecule has 1 aliphatic carbocycles. The summed E-state index contributed by atoms with van der Waals surface area (Å²) >= 11 is 0. The van der Waals surface area contributed by atoms with Crippen LogP contribution in [0.2, 0.25) is 0 Å². The van der Waals surface area contributed by atoms with Crippen LogP contribution < -0.4 is 0 Å². The van der Waals surface area contributed by atoms with Gasteiger partial charge in [-0.2, -0.15) is 5.10 Å². The number of carbonyl (C=O) groups is 1. The van der Waals surface area contributed by atoms with Gasteiger partial charge in [0.05, 0.1) is 6.04 Å². The zero-order chi connectivity index (χ0) is 12.1. The van der Waals surface area contributed by atoms with Gasteiger partial charge in [-0.15, -0.1) is 0 Å². The van der Waals surface area contributed by atoms with Crippen molar-refractivity contribution in [3.8, 4) is 0 Å². The van der Waals surface area contributed by atoms with Crippen LogP contribution in [0.15, 0.2) is 12.3 Å². The van der Waals surface area contributed by atoms with Crippen LogP contribution in [-0.4, -0.2) is 20.9 Å². The molecule has 0 atom stereocenters. The van der Waals surface area contributed by atoms with Crippen LogP contribution in [0, 0.1) is 0 Å². The maximum Gasteiger partial charge on any atom is 0.303 e. The van der Waals surface area contributed by atoms with E-state index in [1.54, 1.807) is 0 Å². The fourth-order valence-corrected chi connectivity index (χ4v) is 2.61. The number of aromatic nitrogens is 2. The molecule has 1 aliphatic rings. The summed E-state index contributed by atoms with van der Waals surface area (Å²) in [5.74, 6) is -0.714. The molecular weight excluding hydrogens is 216 g/mol. The van der Waals surface area contributed by atoms with E-state index in [1.807, 2.05) is 12.3 Å². The molecule has 0 amide bonds. The van der Waals surface area contributed by atoms with Gasteiger partial charge >= 0.3 is 5.97 Å². The highest BCUT2D eigenvalue weighted by Gasteiger charge is 2.17. The van der Waals surface area contributed by atoms with Crippen molar-refractivity contribution in [2.24, 2.45) is 0 Å². The van der Waals surface area contributed by atoms with Crippen molar-refractivity contribution < 1.29 is 9.90 Å². The lowest BCUT2D eigenvalue weighted by molar-refractivity contribution is -0.137. The van der Waals surface area contributed by atoms with Gasteiger partial charge in [0.15, 0.2) is 0 Å². The summed E-state index contributed by atoms with van der Waals surface area (Å²) < 4.78 is 2.13. The Kier molecular flexibility index (Phi) is 4.18. The number of aryl methyl sites for hydroxylation is 1. The van der Waals surface area contributed by atoms with Crippen molar-refractivity contribution >= 4 is 5.97 Å². The largest absolute Gasteiger partial charge is 0.481 e. The Labute approximate surface area is 102 Å². The van der Waals surface area contributed by atoms with E-state index >= 15 is 0 Å². The molecule has 17 heavy (non-hydrogen) atoms. The van der Waals surface area contributed by atoms with Crippen molar-refractivity contribution in [3.63, 3.8) is 0 Å². The van der Waals surface area contributed by atoms with Crippen LogP contribution in [-0.2, 0) is 11.2 Å². The van der Waals surface area contributed by atoms with Crippen LogP contribution in [0.4, 0.5) is 0 Å². The van der Waals surface area contributed by atoms with Crippen molar-refractivity contribution in [1.82, 2.24) is 9.78 Å². The Balaban J connectivity index is 1.93. The number of aliphatic carboxylic acids is 1. The quantitative estimate of drug-likeness (QED) is 0.855. The first kappa shape index (κ1) is 12.1. The molecule has 0 unspecified atom stereocenters. The third-order valence-corrected chi connectivity index (χ3v) is 3.50. The van der Waals surface area contributed by atoms with Gasteiger partial charge < -0.3 is 5.11 Å². The third-order valence-electron chi connectivity index (χ3n) is 3.50. The van der Waals surface area contributed by atoms with Crippen LogP contribution in [0.1, 0.15) is 56.7 Å². The van der Waals surface area contributed by atoms with Crippen LogP contribution in [0.5, 0.6) is 0 Å². The molecule has 0 radical (unpaired) electrons. The van der Waals surface area contributed by atoms with Gasteiger partial charge in [-0.25, -0.2) is 0 Å². The molecule has 1 fully saturated rings. The predicted molar refractivity (Wildman–Crippen MR) is 64.9 cm³/mol. The lowest BCUT2D eigenvalue weighted by atomic mass is 9.95. The summed E-state index contributed by atoms with van der Waals surface area (Å²) in [6, 6.07) is 2.56. The van der Waals surface area contributed by atoms with E-state index in [1.165, 1.54) is 37.8 Å². The highest BCUT2D eigenvalue weighted by Crippen LogP contribution is 2.28. The third kappa shape index (κ3) is 3.32. The van der Waals surface area contributed by atoms with Gasteiger partial charge in [0.2, 0.25) is 0 Å². The lowest BCUT2D eigenvalue weighted by Gasteiger charge is -2.24. The second kappa shape index (κ2) is 5.84. The zero-order valence-electron chi connectivity index (χ0n) is 10.1. The average molecular weight is 236 g/mol. The minimum Gasteiger partial charge on any atom is -0.481 e. The van der Waals surface area contributed by atoms with Crippen LogP contribution in [0.3, 0.4) is 0 Å². The SMILES string of the molecule is O=C(O)CCCc1ccnn1C1CCCCC1. The molecule has 0 aromatic carbocycles. The Morgan fingerprint density at radius 3 is 2.88 bits per heavy atom. The van der Waals surface area contributed by atoms with Crippen molar-refractivity contribution in [2.75, 3.05) is 0 Å². The highest BCUT2D eigenvalue weighted by atomic mass is 16.4. The van der Waals surface area contributed by atoms with E-state index in [0.29, 0.717) is 12.5 Å². The van der Waals surface area contributed by atoms with E-state index < -0.39 is 5.97 Å². The van der Waals surface area contributed by atoms with Gasteiger partial charge in [-0.3, -0.25) is 9.48 Å². The summed E-state index contributed by atoms with van der Waals surface area (Å²) in [6.07, 6.45) is 9.96. The molecule has 4 nitrogen and oxygen atoms in total. The Hall–Kier alpha value is -1.32. The Morgan fingerprint density at radius 2 is 2.18 bits per heavy atom. The fraction of sp³-hybridized carbons (Fsp3) is 0.692. The predicted octanol–water partition coefficient (Wildman–Crippen LogP) is 2.80. The summed E-state index contributed by atoms with van der Waals surface area (Å²) in [4.78, 5) is 10.5. The molecule has 0 saturated heterocycles. The van der Waals surface area contributed by atoms with E-state index in [9.17, 15) is 4.79 Å². The number of rotatable bonds is 5. The summed E-state index contributed by atoms with van der Waals surface area (Å²) in [5.41, 5.74) is 1.19. The van der Waals surface area contributed by atoms with Gasteiger partial charge in [-0.05, 0) is 31.7 Å². The molecule has 1 heterocycles. The number of carboxylic acids is 1. The van der Waals surface area contributed by atoms with Crippen molar-refractivity contribution in [2.45, 2.75) is 57.4 Å². The first-order valence-electron chi connectivity index (χ1n) is 6.51. The average Bonchev–Trinajstić information content (AvgIpc) is 2.78. The molecular formula is C13H20N2O2. The normalized spacial score (nSPS) is 17.2. The maximum atomic E-state index is 10.5. The molecule has 94 valence electrons. The molecule has 1 aromatic rings. The Bertz CT molecular complexity index is 367. The molecule has 4 heteroatoms. The van der Waals surface area contributed by atoms with E-state index in [2.05, 4.69) is 9.78 Å². The number of hydrogen-bond donors (Lipinski definition) is 1. The van der Waals surface area contributed by atoms with Gasteiger partial charge in [0, 0.05) is 18.3 Å². The maximum absolute atomic E-state index is 10.5. The topological polar surface area (TPSA) is 55.1 Å². The minimum absolute atomic E-state index is 0.246. The van der Waals surface area contributed by atoms with E-state index in [0.717, 1.165) is 6.42 Å². The van der Waals surface area contributed by atoms with Crippen LogP contribution in [0.25, 0.3) is 0 Å². The number of carboxylic acid groups (broad SMARTS) is 1. The first-order chi connectivity index (χ1) is 8.27. The molecule has 1 N–H and O–H groups in total. The first-order valence-corrected chi connectivity index (χ1v) is 6.51. The van der Waals surface area contributed by atoms with Crippen molar-refractivity contribution in [3.05, 3.63) is 18.0 Å². The second-order valence-electron chi connectivity index (χ2n) is 4.81. The van der Waals surface area contributed by atoms with Gasteiger partial charge in [0.1, 0.15) is 0 Å². The number of nitrogens with zero attached hydrogens (tertiary/aromatic N) is 2. The molecule has 0 bridgehead atoms. The number of hydrogen-bond acceptors (Lipinski definition) is 2. The molecule has 1 saturated carbocycles. The smallest absolute Gasteiger partial charge is 0.303 e.